The Morgan fingerprint density at radius 2 is 1.48 bits per heavy atom. The molecule has 170 valence electrons. The summed E-state index contributed by atoms with van der Waals surface area (Å²) in [5, 5.41) is 19.4. The molecule has 1 aliphatic carbocycles. The molecule has 1 aliphatic heterocycles. The number of halogens is 8. The summed E-state index contributed by atoms with van der Waals surface area (Å²) >= 11 is 41.3. The average molecular weight is 791 g/mol. The number of hydrogen-bond acceptors (Lipinski definition) is 4. The van der Waals surface area contributed by atoms with E-state index in [4.69, 9.17) is 74.0 Å². The Labute approximate surface area is 242 Å². The van der Waals surface area contributed by atoms with Crippen molar-refractivity contribution in [3.05, 3.63) is 65.2 Å². The lowest BCUT2D eigenvalue weighted by Gasteiger charge is -2.21. The zero-order valence-electron chi connectivity index (χ0n) is 15.3. The van der Waals surface area contributed by atoms with Gasteiger partial charge in [-0.3, -0.25) is 4.79 Å². The zero-order valence-corrected chi connectivity index (χ0v) is 24.1. The third-order valence-electron chi connectivity index (χ3n) is 4.75. The Balaban J connectivity index is 2.43. The Morgan fingerprint density at radius 1 is 0.879 bits per heavy atom. The number of rotatable bonds is 2. The van der Waals surface area contributed by atoms with Crippen molar-refractivity contribution in [3.8, 4) is 28.2 Å². The lowest BCUT2D eigenvalue weighted by molar-refractivity contribution is 0.0698. The summed E-state index contributed by atoms with van der Waals surface area (Å²) in [5.41, 5.74) is -0.513. The topological polar surface area (TPSA) is 87.7 Å². The van der Waals surface area contributed by atoms with Crippen LogP contribution in [0.1, 0.15) is 10.4 Å². The van der Waals surface area contributed by atoms with E-state index in [-0.39, 0.29) is 76.4 Å². The fourth-order valence-electron chi connectivity index (χ4n) is 3.33. The molecule has 0 saturated carbocycles. The van der Waals surface area contributed by atoms with Gasteiger partial charge in [-0.2, -0.15) is 0 Å². The minimum atomic E-state index is -1.43. The summed E-state index contributed by atoms with van der Waals surface area (Å²) in [5.74, 6) is -1.77. The molecule has 2 aromatic carbocycles. The number of benzene rings is 3. The van der Waals surface area contributed by atoms with Gasteiger partial charge >= 0.3 is 5.97 Å². The number of phenolic OH excluding ortho intramolecular Hbond substituents is 1. The van der Waals surface area contributed by atoms with Gasteiger partial charge in [0.1, 0.15) is 5.02 Å². The molecule has 2 aliphatic rings. The van der Waals surface area contributed by atoms with Gasteiger partial charge in [-0.25, -0.2) is 4.79 Å². The summed E-state index contributed by atoms with van der Waals surface area (Å²) in [7, 11) is 0. The van der Waals surface area contributed by atoms with Crippen LogP contribution < -0.4 is 5.43 Å². The highest BCUT2D eigenvalue weighted by Crippen LogP contribution is 2.53. The first-order valence-electron chi connectivity index (χ1n) is 8.43. The molecule has 4 rings (SSSR count). The van der Waals surface area contributed by atoms with E-state index < -0.39 is 17.0 Å². The van der Waals surface area contributed by atoms with E-state index in [1.54, 1.807) is 45.2 Å². The number of phenols is 1. The Bertz CT molecular complexity index is 1570. The van der Waals surface area contributed by atoms with Gasteiger partial charge in [0.2, 0.25) is 5.43 Å². The quantitative estimate of drug-likeness (QED) is 0.0916. The molecule has 0 spiro atoms. The third-order valence-corrected chi connectivity index (χ3v) is 8.99. The number of carbonyl (C=O) groups is 1. The summed E-state index contributed by atoms with van der Waals surface area (Å²) < 4.78 is 6.35. The number of carboxylic acids is 1. The second-order valence-electron chi connectivity index (χ2n) is 6.56. The smallest absolute Gasteiger partial charge is 0.337 e. The maximum Gasteiger partial charge on any atom is 0.337 e. The van der Waals surface area contributed by atoms with Crippen molar-refractivity contribution in [2.24, 2.45) is 0 Å². The van der Waals surface area contributed by atoms with Gasteiger partial charge in [0.15, 0.2) is 17.1 Å². The molecular formula is C20H4Cl6I2O5. The lowest BCUT2D eigenvalue weighted by Crippen LogP contribution is -2.10. The van der Waals surface area contributed by atoms with Crippen LogP contribution in [0.15, 0.2) is 21.3 Å². The molecule has 0 radical (unpaired) electrons. The number of fused-ring (bicyclic) bond motifs is 2. The van der Waals surface area contributed by atoms with Gasteiger partial charge in [0.25, 0.3) is 0 Å². The van der Waals surface area contributed by atoms with E-state index in [0.717, 1.165) is 0 Å². The molecule has 0 amide bonds. The van der Waals surface area contributed by atoms with Gasteiger partial charge in [-0.15, -0.1) is 0 Å². The first-order chi connectivity index (χ1) is 15.4. The van der Waals surface area contributed by atoms with E-state index in [9.17, 15) is 19.8 Å². The minimum absolute atomic E-state index is 0.0388. The minimum Gasteiger partial charge on any atom is -0.505 e. The van der Waals surface area contributed by atoms with Gasteiger partial charge < -0.3 is 14.6 Å². The standard InChI is InChI=1S/C20H4Cl6I2O5/c21-5-1-3-7(8-9(20(31)32)11(23)13(25)12(24)10(8)22)4-2-6(27)17(30)14(26)18(4)33-19(3)15(28)16(5)29/h1-2,29H,(H,31,32). The number of aromatic carboxylic acids is 1. The molecule has 0 aromatic heterocycles. The van der Waals surface area contributed by atoms with Crippen molar-refractivity contribution in [1.29, 1.82) is 0 Å². The molecule has 0 unspecified atom stereocenters. The monoisotopic (exact) mass is 788 g/mol. The Hall–Kier alpha value is -0.400. The van der Waals surface area contributed by atoms with E-state index in [2.05, 4.69) is 0 Å². The molecule has 0 saturated heterocycles. The fourth-order valence-corrected chi connectivity index (χ4v) is 6.39. The predicted octanol–water partition coefficient (Wildman–Crippen LogP) is 9.10. The third kappa shape index (κ3) is 3.96. The second kappa shape index (κ2) is 9.24. The Morgan fingerprint density at radius 3 is 2.09 bits per heavy atom. The maximum absolute atomic E-state index is 12.5. The summed E-state index contributed by atoms with van der Waals surface area (Å²) in [4.78, 5) is 24.8. The maximum atomic E-state index is 12.5. The summed E-state index contributed by atoms with van der Waals surface area (Å²) in [6, 6.07) is 2.84. The van der Waals surface area contributed by atoms with Crippen LogP contribution in [-0.4, -0.2) is 16.2 Å². The van der Waals surface area contributed by atoms with Crippen LogP contribution in [0.3, 0.4) is 0 Å². The number of hydrogen-bond donors (Lipinski definition) is 2. The van der Waals surface area contributed by atoms with Crippen molar-refractivity contribution < 1.29 is 19.4 Å². The molecule has 0 bridgehead atoms. The van der Waals surface area contributed by atoms with Gasteiger partial charge in [-0.1, -0.05) is 69.6 Å². The first kappa shape index (κ1) is 25.7. The Kier molecular flexibility index (Phi) is 7.19. The molecule has 33 heavy (non-hydrogen) atoms. The van der Waals surface area contributed by atoms with Crippen molar-refractivity contribution >= 4 is 132 Å². The van der Waals surface area contributed by atoms with E-state index >= 15 is 0 Å². The van der Waals surface area contributed by atoms with Crippen LogP contribution >= 0.6 is 115 Å². The molecule has 0 atom stereocenters. The summed E-state index contributed by atoms with van der Waals surface area (Å²) in [6.07, 6.45) is 0. The van der Waals surface area contributed by atoms with Crippen LogP contribution in [0, 0.1) is 7.14 Å². The number of carboxylic acid groups (broad SMARTS) is 1. The van der Waals surface area contributed by atoms with Gasteiger partial charge in [0.05, 0.1) is 37.8 Å². The van der Waals surface area contributed by atoms with Crippen LogP contribution in [0.4, 0.5) is 0 Å². The molecule has 5 nitrogen and oxygen atoms in total. The zero-order chi connectivity index (χ0) is 24.5. The first-order valence-corrected chi connectivity index (χ1v) is 12.9. The SMILES string of the molecule is O=C(O)c1c(Cl)c(Cl)c(Cl)c(Cl)c1-c1c2cc(I)c(=O)c(Cl)c-2oc2c(I)c(O)c(Cl)cc12. The second-order valence-corrected chi connectivity index (χ2v) is 11.1. The highest BCUT2D eigenvalue weighted by atomic mass is 127. The van der Waals surface area contributed by atoms with Gasteiger partial charge in [-0.05, 0) is 57.3 Å². The van der Waals surface area contributed by atoms with E-state index in [1.807, 2.05) is 0 Å². The number of aromatic hydroxyl groups is 1. The van der Waals surface area contributed by atoms with Crippen molar-refractivity contribution in [3.63, 3.8) is 0 Å². The van der Waals surface area contributed by atoms with Gasteiger partial charge in [0, 0.05) is 22.1 Å². The molecule has 13 heteroatoms. The highest BCUT2D eigenvalue weighted by Gasteiger charge is 2.32. The van der Waals surface area contributed by atoms with Crippen LogP contribution in [-0.2, 0) is 0 Å². The molecule has 2 N–H and O–H groups in total. The highest BCUT2D eigenvalue weighted by molar-refractivity contribution is 14.1. The van der Waals surface area contributed by atoms with Crippen molar-refractivity contribution in [2.75, 3.05) is 0 Å². The molecular weight excluding hydrogens is 787 g/mol. The largest absolute Gasteiger partial charge is 0.505 e. The summed E-state index contributed by atoms with van der Waals surface area (Å²) in [6.45, 7) is 0. The molecule has 0 fully saturated rings. The molecule has 2 aromatic rings. The van der Waals surface area contributed by atoms with Crippen LogP contribution in [0.2, 0.25) is 30.1 Å². The van der Waals surface area contributed by atoms with Crippen LogP contribution in [0.25, 0.3) is 33.4 Å². The predicted molar refractivity (Wildman–Crippen MR) is 149 cm³/mol. The van der Waals surface area contributed by atoms with E-state index in [1.165, 1.54) is 12.1 Å². The fraction of sp³-hybridized carbons (Fsp3) is 0. The lowest BCUT2D eigenvalue weighted by atomic mass is 9.90. The molecule has 1 heterocycles. The van der Waals surface area contributed by atoms with Crippen molar-refractivity contribution in [1.82, 2.24) is 0 Å². The van der Waals surface area contributed by atoms with Crippen LogP contribution in [0.5, 0.6) is 5.75 Å². The van der Waals surface area contributed by atoms with E-state index in [0.29, 0.717) is 0 Å². The van der Waals surface area contributed by atoms with Crippen molar-refractivity contribution in [2.45, 2.75) is 0 Å². The normalized spacial score (nSPS) is 11.5. The average Bonchev–Trinajstić information content (AvgIpc) is 2.76.